The van der Waals surface area contributed by atoms with E-state index >= 15 is 0 Å². The smallest absolute Gasteiger partial charge is 0.163 e. The average Bonchev–Trinajstić information content (AvgIpc) is 2.79. The van der Waals surface area contributed by atoms with Gasteiger partial charge in [0, 0.05) is 13.6 Å². The van der Waals surface area contributed by atoms with Gasteiger partial charge >= 0.3 is 0 Å². The van der Waals surface area contributed by atoms with Crippen molar-refractivity contribution in [2.24, 2.45) is 7.05 Å². The fourth-order valence-corrected chi connectivity index (χ4v) is 2.11. The van der Waals surface area contributed by atoms with Crippen LogP contribution in [0.2, 0.25) is 0 Å². The molecule has 0 aliphatic carbocycles. The number of rotatable bonds is 3. The Morgan fingerprint density at radius 3 is 3.00 bits per heavy atom. The van der Waals surface area contributed by atoms with E-state index in [-0.39, 0.29) is 0 Å². The Morgan fingerprint density at radius 2 is 2.16 bits per heavy atom. The van der Waals surface area contributed by atoms with E-state index in [4.69, 9.17) is 0 Å². The Labute approximate surface area is 111 Å². The lowest BCUT2D eigenvalue weighted by Crippen LogP contribution is -2.02. The van der Waals surface area contributed by atoms with Crippen LogP contribution in [-0.4, -0.2) is 19.7 Å². The maximum atomic E-state index is 4.28. The van der Waals surface area contributed by atoms with Gasteiger partial charge in [-0.1, -0.05) is 29.8 Å². The topological polar surface area (TPSA) is 55.6 Å². The van der Waals surface area contributed by atoms with Crippen molar-refractivity contribution < 1.29 is 0 Å². The van der Waals surface area contributed by atoms with Crippen molar-refractivity contribution in [3.8, 4) is 0 Å². The zero-order valence-electron chi connectivity index (χ0n) is 11.0. The number of hydrogen-bond acceptors (Lipinski definition) is 4. The highest BCUT2D eigenvalue weighted by molar-refractivity contribution is 5.85. The van der Waals surface area contributed by atoms with E-state index in [1.54, 1.807) is 17.2 Å². The van der Waals surface area contributed by atoms with E-state index in [0.29, 0.717) is 0 Å². The van der Waals surface area contributed by atoms with Gasteiger partial charge < -0.3 is 5.32 Å². The molecule has 2 heterocycles. The molecule has 0 spiro atoms. The lowest BCUT2D eigenvalue weighted by atomic mass is 10.1. The standard InChI is InChI=1S/C14H15N5/c1-10-4-3-5-11(6-10)7-15-13-12-8-18-19(2)14(12)17-9-16-13/h3-6,8-9H,7H2,1-2H3,(H,15,16,17). The Balaban J connectivity index is 1.86. The zero-order valence-corrected chi connectivity index (χ0v) is 11.0. The van der Waals surface area contributed by atoms with Crippen LogP contribution in [0.5, 0.6) is 0 Å². The molecule has 0 unspecified atom stereocenters. The van der Waals surface area contributed by atoms with Crippen LogP contribution in [-0.2, 0) is 13.6 Å². The maximum Gasteiger partial charge on any atom is 0.163 e. The summed E-state index contributed by atoms with van der Waals surface area (Å²) in [6.07, 6.45) is 3.34. The Hall–Kier alpha value is -2.43. The molecule has 0 amide bonds. The fraction of sp³-hybridized carbons (Fsp3) is 0.214. The van der Waals surface area contributed by atoms with Crippen molar-refractivity contribution in [3.05, 3.63) is 47.9 Å². The van der Waals surface area contributed by atoms with Crippen molar-refractivity contribution >= 4 is 16.9 Å². The summed E-state index contributed by atoms with van der Waals surface area (Å²) in [5, 5.41) is 8.48. The number of aryl methyl sites for hydroxylation is 2. The molecule has 1 aromatic carbocycles. The van der Waals surface area contributed by atoms with Crippen molar-refractivity contribution in [1.82, 2.24) is 19.7 Å². The SMILES string of the molecule is Cc1cccc(CNc2ncnc3c2cnn3C)c1. The molecule has 19 heavy (non-hydrogen) atoms. The predicted octanol–water partition coefficient (Wildman–Crippen LogP) is 2.28. The van der Waals surface area contributed by atoms with Crippen LogP contribution < -0.4 is 5.32 Å². The Kier molecular flexibility index (Phi) is 2.87. The lowest BCUT2D eigenvalue weighted by Gasteiger charge is -2.07. The van der Waals surface area contributed by atoms with Crippen LogP contribution in [0, 0.1) is 6.92 Å². The second-order valence-electron chi connectivity index (χ2n) is 4.57. The molecule has 5 heteroatoms. The number of anilines is 1. The minimum atomic E-state index is 0.739. The summed E-state index contributed by atoms with van der Waals surface area (Å²) < 4.78 is 1.74. The number of aromatic nitrogens is 4. The second kappa shape index (κ2) is 4.68. The molecule has 3 aromatic rings. The first-order chi connectivity index (χ1) is 9.24. The highest BCUT2D eigenvalue weighted by Crippen LogP contribution is 2.18. The molecule has 0 saturated heterocycles. The maximum absolute atomic E-state index is 4.28. The van der Waals surface area contributed by atoms with Gasteiger partial charge in [0.25, 0.3) is 0 Å². The normalized spacial score (nSPS) is 10.8. The minimum absolute atomic E-state index is 0.739. The number of nitrogens with one attached hydrogen (secondary N) is 1. The van der Waals surface area contributed by atoms with E-state index in [2.05, 4.69) is 51.6 Å². The predicted molar refractivity (Wildman–Crippen MR) is 74.8 cm³/mol. The van der Waals surface area contributed by atoms with E-state index in [1.165, 1.54) is 11.1 Å². The average molecular weight is 253 g/mol. The van der Waals surface area contributed by atoms with E-state index in [0.717, 1.165) is 23.4 Å². The van der Waals surface area contributed by atoms with Gasteiger partial charge in [-0.3, -0.25) is 4.68 Å². The van der Waals surface area contributed by atoms with Gasteiger partial charge in [-0.05, 0) is 12.5 Å². The van der Waals surface area contributed by atoms with Crippen LogP contribution in [0.15, 0.2) is 36.8 Å². The zero-order chi connectivity index (χ0) is 13.2. The van der Waals surface area contributed by atoms with E-state index < -0.39 is 0 Å². The molecule has 5 nitrogen and oxygen atoms in total. The lowest BCUT2D eigenvalue weighted by molar-refractivity contribution is 0.785. The highest BCUT2D eigenvalue weighted by atomic mass is 15.3. The first kappa shape index (κ1) is 11.6. The van der Waals surface area contributed by atoms with E-state index in [9.17, 15) is 0 Å². The number of nitrogens with zero attached hydrogens (tertiary/aromatic N) is 4. The van der Waals surface area contributed by atoms with Crippen molar-refractivity contribution in [2.45, 2.75) is 13.5 Å². The first-order valence-corrected chi connectivity index (χ1v) is 6.16. The largest absolute Gasteiger partial charge is 0.365 e. The number of hydrogen-bond donors (Lipinski definition) is 1. The molecule has 3 rings (SSSR count). The van der Waals surface area contributed by atoms with Crippen molar-refractivity contribution in [2.75, 3.05) is 5.32 Å². The van der Waals surface area contributed by atoms with Gasteiger partial charge in [-0.15, -0.1) is 0 Å². The van der Waals surface area contributed by atoms with Gasteiger partial charge in [-0.25, -0.2) is 9.97 Å². The van der Waals surface area contributed by atoms with Crippen LogP contribution in [0.3, 0.4) is 0 Å². The quantitative estimate of drug-likeness (QED) is 0.778. The molecule has 0 bridgehead atoms. The van der Waals surface area contributed by atoms with Gasteiger partial charge in [0.05, 0.1) is 11.6 Å². The van der Waals surface area contributed by atoms with E-state index in [1.807, 2.05) is 7.05 Å². The third kappa shape index (κ3) is 2.27. The van der Waals surface area contributed by atoms with Crippen LogP contribution >= 0.6 is 0 Å². The molecule has 0 aliphatic rings. The molecule has 96 valence electrons. The molecule has 0 fully saturated rings. The summed E-state index contributed by atoms with van der Waals surface area (Å²) >= 11 is 0. The third-order valence-electron chi connectivity index (χ3n) is 3.07. The fourth-order valence-electron chi connectivity index (χ4n) is 2.11. The molecule has 0 aliphatic heterocycles. The summed E-state index contributed by atoms with van der Waals surface area (Å²) in [5.74, 6) is 0.819. The molecule has 2 aromatic heterocycles. The minimum Gasteiger partial charge on any atom is -0.365 e. The van der Waals surface area contributed by atoms with Crippen LogP contribution in [0.4, 0.5) is 5.82 Å². The molecule has 0 radical (unpaired) electrons. The number of benzene rings is 1. The summed E-state index contributed by atoms with van der Waals surface area (Å²) in [5.41, 5.74) is 3.32. The molecular weight excluding hydrogens is 238 g/mol. The van der Waals surface area contributed by atoms with Crippen molar-refractivity contribution in [3.63, 3.8) is 0 Å². The summed E-state index contributed by atoms with van der Waals surface area (Å²) in [6.45, 7) is 2.83. The molecule has 1 N–H and O–H groups in total. The molecule has 0 atom stereocenters. The van der Waals surface area contributed by atoms with Gasteiger partial charge in [0.2, 0.25) is 0 Å². The molecular formula is C14H15N5. The van der Waals surface area contributed by atoms with Crippen LogP contribution in [0.25, 0.3) is 11.0 Å². The van der Waals surface area contributed by atoms with Gasteiger partial charge in [-0.2, -0.15) is 5.10 Å². The van der Waals surface area contributed by atoms with Crippen molar-refractivity contribution in [1.29, 1.82) is 0 Å². The van der Waals surface area contributed by atoms with Gasteiger partial charge in [0.1, 0.15) is 12.1 Å². The molecule has 0 saturated carbocycles. The number of fused-ring (bicyclic) bond motifs is 1. The third-order valence-corrected chi connectivity index (χ3v) is 3.07. The van der Waals surface area contributed by atoms with Gasteiger partial charge in [0.15, 0.2) is 5.65 Å². The monoisotopic (exact) mass is 253 g/mol. The summed E-state index contributed by atoms with van der Waals surface area (Å²) in [4.78, 5) is 8.50. The Morgan fingerprint density at radius 1 is 1.26 bits per heavy atom. The second-order valence-corrected chi connectivity index (χ2v) is 4.57. The highest BCUT2D eigenvalue weighted by Gasteiger charge is 2.07. The van der Waals surface area contributed by atoms with Crippen LogP contribution in [0.1, 0.15) is 11.1 Å². The summed E-state index contributed by atoms with van der Waals surface area (Å²) in [6, 6.07) is 8.41. The Bertz CT molecular complexity index is 717. The summed E-state index contributed by atoms with van der Waals surface area (Å²) in [7, 11) is 1.87. The first-order valence-electron chi connectivity index (χ1n) is 6.16.